The monoisotopic (exact) mass is 577 g/mol. The number of para-hydroxylation sites is 1. The molecule has 8 nitrogen and oxygen atoms in total. The van der Waals surface area contributed by atoms with Gasteiger partial charge >= 0.3 is 0 Å². The minimum Gasteiger partial charge on any atom is -0.361 e. The molecule has 8 heteroatoms. The third-order valence-corrected chi connectivity index (χ3v) is 9.16. The predicted molar refractivity (Wildman–Crippen MR) is 167 cm³/mol. The number of nitrogens with zero attached hydrogens (tertiary/aromatic N) is 1. The van der Waals surface area contributed by atoms with Crippen molar-refractivity contribution >= 4 is 28.6 Å². The van der Waals surface area contributed by atoms with E-state index in [1.807, 2.05) is 71.8 Å². The van der Waals surface area contributed by atoms with Crippen LogP contribution in [0.1, 0.15) is 66.2 Å². The van der Waals surface area contributed by atoms with Crippen molar-refractivity contribution < 1.29 is 14.4 Å². The number of fused-ring (bicyclic) bond motifs is 3. The molecule has 1 fully saturated rings. The number of amides is 3. The van der Waals surface area contributed by atoms with Crippen LogP contribution in [-0.2, 0) is 21.4 Å². The molecular formula is C35H39N5O3. The van der Waals surface area contributed by atoms with Gasteiger partial charge in [0, 0.05) is 47.6 Å². The van der Waals surface area contributed by atoms with Gasteiger partial charge in [-0.1, -0.05) is 60.7 Å². The van der Waals surface area contributed by atoms with Crippen LogP contribution >= 0.6 is 0 Å². The Labute approximate surface area is 252 Å². The smallest absolute Gasteiger partial charge is 0.251 e. The van der Waals surface area contributed by atoms with Gasteiger partial charge in [0.2, 0.25) is 11.8 Å². The number of H-pyrrole nitrogens is 1. The van der Waals surface area contributed by atoms with Gasteiger partial charge in [0.15, 0.2) is 0 Å². The lowest BCUT2D eigenvalue weighted by Crippen LogP contribution is -2.58. The zero-order valence-electron chi connectivity index (χ0n) is 24.7. The molecule has 3 aromatic carbocycles. The third kappa shape index (κ3) is 5.67. The molecule has 0 saturated carbocycles. The predicted octanol–water partition coefficient (Wildman–Crippen LogP) is 4.37. The largest absolute Gasteiger partial charge is 0.361 e. The minimum atomic E-state index is -1.11. The number of carbonyl (C=O) groups excluding carboxylic acids is 3. The molecule has 2 atom stereocenters. The summed E-state index contributed by atoms with van der Waals surface area (Å²) in [5, 5.41) is 7.26. The van der Waals surface area contributed by atoms with Gasteiger partial charge in [0.25, 0.3) is 5.91 Å². The number of likely N-dealkylation sites (tertiary alicyclic amines) is 1. The van der Waals surface area contributed by atoms with Crippen LogP contribution in [0.2, 0.25) is 0 Å². The summed E-state index contributed by atoms with van der Waals surface area (Å²) in [5.74, 6) is -0.539. The summed E-state index contributed by atoms with van der Waals surface area (Å²) in [6.45, 7) is 4.42. The zero-order chi connectivity index (χ0) is 30.2. The molecule has 1 aromatic heterocycles. The van der Waals surface area contributed by atoms with Gasteiger partial charge in [-0.25, -0.2) is 0 Å². The van der Waals surface area contributed by atoms with Crippen molar-refractivity contribution in [2.45, 2.75) is 62.6 Å². The first-order valence-corrected chi connectivity index (χ1v) is 15.0. The number of piperidine rings is 1. The van der Waals surface area contributed by atoms with E-state index in [4.69, 9.17) is 5.73 Å². The highest BCUT2D eigenvalue weighted by molar-refractivity contribution is 5.94. The van der Waals surface area contributed by atoms with Gasteiger partial charge in [0.1, 0.15) is 6.04 Å². The van der Waals surface area contributed by atoms with E-state index in [1.54, 1.807) is 13.8 Å². The van der Waals surface area contributed by atoms with Crippen molar-refractivity contribution in [1.29, 1.82) is 0 Å². The molecule has 3 amide bonds. The van der Waals surface area contributed by atoms with E-state index >= 15 is 0 Å². The van der Waals surface area contributed by atoms with Crippen molar-refractivity contribution in [3.63, 3.8) is 0 Å². The van der Waals surface area contributed by atoms with E-state index in [2.05, 4.69) is 33.8 Å². The maximum absolute atomic E-state index is 14.0. The molecule has 1 aliphatic heterocycles. The molecule has 1 aliphatic carbocycles. The Morgan fingerprint density at radius 2 is 1.65 bits per heavy atom. The Morgan fingerprint density at radius 1 is 0.977 bits per heavy atom. The highest BCUT2D eigenvalue weighted by Gasteiger charge is 2.47. The van der Waals surface area contributed by atoms with Gasteiger partial charge in [-0.2, -0.15) is 0 Å². The lowest BCUT2D eigenvalue weighted by molar-refractivity contribution is -0.138. The average Bonchev–Trinajstić information content (AvgIpc) is 3.55. The van der Waals surface area contributed by atoms with Crippen LogP contribution in [0, 0.1) is 0 Å². The molecule has 1 unspecified atom stereocenters. The van der Waals surface area contributed by atoms with Gasteiger partial charge in [-0.3, -0.25) is 14.4 Å². The number of hydrogen-bond donors (Lipinski definition) is 4. The quantitative estimate of drug-likeness (QED) is 0.261. The molecule has 1 saturated heterocycles. The average molecular weight is 578 g/mol. The lowest BCUT2D eigenvalue weighted by atomic mass is 9.73. The second-order valence-electron chi connectivity index (χ2n) is 12.6. The van der Waals surface area contributed by atoms with Crippen LogP contribution in [0.3, 0.4) is 0 Å². The van der Waals surface area contributed by atoms with E-state index in [9.17, 15) is 14.4 Å². The van der Waals surface area contributed by atoms with E-state index in [0.717, 1.165) is 41.3 Å². The van der Waals surface area contributed by atoms with Crippen LogP contribution < -0.4 is 16.4 Å². The first kappa shape index (κ1) is 28.7. The molecule has 222 valence electrons. The van der Waals surface area contributed by atoms with Crippen molar-refractivity contribution in [2.24, 2.45) is 5.73 Å². The molecule has 5 N–H and O–H groups in total. The van der Waals surface area contributed by atoms with E-state index in [-0.39, 0.29) is 29.2 Å². The van der Waals surface area contributed by atoms with Crippen LogP contribution in [0.5, 0.6) is 0 Å². The van der Waals surface area contributed by atoms with Crippen molar-refractivity contribution in [3.8, 4) is 0 Å². The number of benzene rings is 3. The maximum atomic E-state index is 14.0. The summed E-state index contributed by atoms with van der Waals surface area (Å²) in [6.07, 6.45) is 4.63. The number of aromatic amines is 1. The van der Waals surface area contributed by atoms with Crippen LogP contribution in [0.4, 0.5) is 0 Å². The van der Waals surface area contributed by atoms with Gasteiger partial charge < -0.3 is 26.3 Å². The number of nitrogens with two attached hydrogens (primary N) is 1. The standard InChI is InChI=1S/C35H39N5O3/c1-34(2,36)33(43)39-29(20-24-22-37-28-15-9-7-12-25(24)28)32(42)40-18-16-35(17-19-40)21-30(26-13-6-8-14-27(26)35)38-31(41)23-10-4-3-5-11-23/h3-15,22,29-30,37H,16-21,36H2,1-2H3,(H,38,41)(H,39,43)/t29-,30?/m1/s1. The number of nitrogens with one attached hydrogen (secondary N) is 3. The van der Waals surface area contributed by atoms with Crippen molar-refractivity contribution in [1.82, 2.24) is 20.5 Å². The Balaban J connectivity index is 1.19. The fourth-order valence-electron chi connectivity index (χ4n) is 6.77. The molecule has 1 spiro atoms. The van der Waals surface area contributed by atoms with Crippen molar-refractivity contribution in [3.05, 3.63) is 107 Å². The summed E-state index contributed by atoms with van der Waals surface area (Å²) in [4.78, 5) is 45.2. The van der Waals surface area contributed by atoms with Crippen LogP contribution in [0.15, 0.2) is 85.1 Å². The Hall–Kier alpha value is -4.43. The maximum Gasteiger partial charge on any atom is 0.251 e. The topological polar surface area (TPSA) is 120 Å². The SMILES string of the molecule is CC(C)(N)C(=O)N[C@H](Cc1c[nH]c2ccccc12)C(=O)N1CCC2(CC1)CC(NC(=O)c1ccccc1)c1ccccc12. The van der Waals surface area contributed by atoms with Crippen molar-refractivity contribution in [2.75, 3.05) is 13.1 Å². The first-order valence-electron chi connectivity index (χ1n) is 15.0. The van der Waals surface area contributed by atoms with E-state index in [1.165, 1.54) is 5.56 Å². The van der Waals surface area contributed by atoms with Gasteiger partial charge in [-0.05, 0) is 68.0 Å². The summed E-state index contributed by atoms with van der Waals surface area (Å²) in [6, 6.07) is 24.8. The Kier molecular flexibility index (Phi) is 7.56. The zero-order valence-corrected chi connectivity index (χ0v) is 24.7. The number of rotatable bonds is 7. The second kappa shape index (κ2) is 11.3. The van der Waals surface area contributed by atoms with E-state index < -0.39 is 11.6 Å². The Morgan fingerprint density at radius 3 is 2.40 bits per heavy atom. The molecule has 6 rings (SSSR count). The summed E-state index contributed by atoms with van der Waals surface area (Å²) < 4.78 is 0. The summed E-state index contributed by atoms with van der Waals surface area (Å²) >= 11 is 0. The second-order valence-corrected chi connectivity index (χ2v) is 12.6. The summed E-state index contributed by atoms with van der Waals surface area (Å²) in [5.41, 5.74) is 9.88. The molecule has 43 heavy (non-hydrogen) atoms. The molecule has 0 radical (unpaired) electrons. The first-order chi connectivity index (χ1) is 20.6. The normalized spacial score (nSPS) is 18.3. The fourth-order valence-corrected chi connectivity index (χ4v) is 6.77. The number of carbonyl (C=O) groups is 3. The molecule has 0 bridgehead atoms. The highest BCUT2D eigenvalue weighted by atomic mass is 16.2. The van der Waals surface area contributed by atoms with Crippen LogP contribution in [-0.4, -0.2) is 52.3 Å². The van der Waals surface area contributed by atoms with Crippen LogP contribution in [0.25, 0.3) is 10.9 Å². The summed E-state index contributed by atoms with van der Waals surface area (Å²) in [7, 11) is 0. The molecule has 2 aliphatic rings. The Bertz CT molecular complexity index is 1650. The van der Waals surface area contributed by atoms with Gasteiger partial charge in [-0.15, -0.1) is 0 Å². The lowest BCUT2D eigenvalue weighted by Gasteiger charge is -2.41. The van der Waals surface area contributed by atoms with Gasteiger partial charge in [0.05, 0.1) is 11.6 Å². The minimum absolute atomic E-state index is 0.0799. The number of aromatic nitrogens is 1. The molecule has 4 aromatic rings. The third-order valence-electron chi connectivity index (χ3n) is 9.16. The fraction of sp³-hybridized carbons (Fsp3) is 0.343. The molecule has 2 heterocycles. The molecular weight excluding hydrogens is 538 g/mol. The number of hydrogen-bond acceptors (Lipinski definition) is 4. The van der Waals surface area contributed by atoms with E-state index in [0.29, 0.717) is 25.1 Å². The highest BCUT2D eigenvalue weighted by Crippen LogP contribution is 2.50.